The van der Waals surface area contributed by atoms with Crippen LogP contribution in [-0.4, -0.2) is 39.2 Å². The Morgan fingerprint density at radius 3 is 1.87 bits per heavy atom. The summed E-state index contributed by atoms with van der Waals surface area (Å²) in [5, 5.41) is 11.5. The average Bonchev–Trinajstić information content (AvgIpc) is 3.23. The van der Waals surface area contributed by atoms with Gasteiger partial charge in [-0.3, -0.25) is 19.7 Å². The third kappa shape index (κ3) is 2.83. The predicted molar refractivity (Wildman–Crippen MR) is 113 cm³/mol. The Kier molecular flexibility index (Phi) is 4.45. The summed E-state index contributed by atoms with van der Waals surface area (Å²) in [6.07, 6.45) is -0.486. The molecule has 5 rings (SSSR count). The fourth-order valence-electron chi connectivity index (χ4n) is 4.39. The number of hydrogen-bond donors (Lipinski definition) is 1. The smallest absolute Gasteiger partial charge is 0.271 e. The lowest BCUT2D eigenvalue weighted by Crippen LogP contribution is -2.40. The molecular formula is C25H20N2O3. The van der Waals surface area contributed by atoms with Gasteiger partial charge in [0.2, 0.25) is 0 Å². The van der Waals surface area contributed by atoms with Crippen molar-refractivity contribution in [1.82, 2.24) is 9.96 Å². The molecule has 0 aromatic heterocycles. The monoisotopic (exact) mass is 396 g/mol. The Labute approximate surface area is 174 Å². The topological polar surface area (TPSA) is 60.9 Å². The predicted octanol–water partition coefficient (Wildman–Crippen LogP) is 3.61. The number of fused-ring (bicyclic) bond motifs is 1. The Morgan fingerprint density at radius 1 is 0.733 bits per heavy atom. The maximum Gasteiger partial charge on any atom is 0.271 e. The quantitative estimate of drug-likeness (QED) is 0.686. The molecule has 2 heterocycles. The van der Waals surface area contributed by atoms with Crippen molar-refractivity contribution in [2.24, 2.45) is 0 Å². The third-order valence-electron chi connectivity index (χ3n) is 5.74. The van der Waals surface area contributed by atoms with Gasteiger partial charge in [-0.15, -0.1) is 0 Å². The van der Waals surface area contributed by atoms with Gasteiger partial charge in [0, 0.05) is 12.0 Å². The maximum atomic E-state index is 13.6. The van der Waals surface area contributed by atoms with Crippen molar-refractivity contribution in [3.8, 4) is 0 Å². The molecule has 3 aromatic rings. The largest absolute Gasteiger partial charge is 0.299 e. The molecule has 148 valence electrons. The summed E-state index contributed by atoms with van der Waals surface area (Å²) in [6.45, 7) is 0. The van der Waals surface area contributed by atoms with Gasteiger partial charge in [-0.2, -0.15) is 5.06 Å². The van der Waals surface area contributed by atoms with Crippen molar-refractivity contribution >= 4 is 23.0 Å². The van der Waals surface area contributed by atoms with E-state index in [0.717, 1.165) is 21.8 Å². The van der Waals surface area contributed by atoms with Gasteiger partial charge < -0.3 is 0 Å². The van der Waals surface area contributed by atoms with Crippen molar-refractivity contribution in [3.63, 3.8) is 0 Å². The molecule has 2 amide bonds. The van der Waals surface area contributed by atoms with Gasteiger partial charge >= 0.3 is 0 Å². The Morgan fingerprint density at radius 2 is 1.27 bits per heavy atom. The Bertz CT molecular complexity index is 1130. The number of carbonyl (C=O) groups excluding carboxylic acids is 2. The summed E-state index contributed by atoms with van der Waals surface area (Å²) in [7, 11) is 0. The molecule has 1 fully saturated rings. The fraction of sp³-hybridized carbons (Fsp3) is 0.120. The lowest BCUT2D eigenvalue weighted by Gasteiger charge is -2.24. The number of nitrogens with zero attached hydrogens (tertiary/aromatic N) is 2. The fourth-order valence-corrected chi connectivity index (χ4v) is 4.39. The molecule has 2 aliphatic heterocycles. The summed E-state index contributed by atoms with van der Waals surface area (Å²) in [6, 6.07) is 27.7. The minimum absolute atomic E-state index is 0.240. The minimum Gasteiger partial charge on any atom is -0.299 e. The summed E-state index contributed by atoms with van der Waals surface area (Å²) in [4.78, 5) is 28.1. The molecule has 5 nitrogen and oxygen atoms in total. The number of benzene rings is 3. The van der Waals surface area contributed by atoms with E-state index in [9.17, 15) is 14.8 Å². The third-order valence-corrected chi connectivity index (χ3v) is 5.74. The minimum atomic E-state index is -0.837. The lowest BCUT2D eigenvalue weighted by atomic mass is 9.95. The van der Waals surface area contributed by atoms with Crippen molar-refractivity contribution in [2.75, 3.05) is 0 Å². The molecular weight excluding hydrogens is 376 g/mol. The molecule has 0 radical (unpaired) electrons. The Hall–Kier alpha value is -3.70. The van der Waals surface area contributed by atoms with E-state index in [1.54, 1.807) is 0 Å². The second-order valence-corrected chi connectivity index (χ2v) is 7.50. The molecule has 5 heteroatoms. The highest BCUT2D eigenvalue weighted by molar-refractivity contribution is 6.32. The van der Waals surface area contributed by atoms with Gasteiger partial charge in [0.1, 0.15) is 6.04 Å². The van der Waals surface area contributed by atoms with Crippen LogP contribution in [0.4, 0.5) is 0 Å². The van der Waals surface area contributed by atoms with Crippen LogP contribution in [0.5, 0.6) is 0 Å². The molecule has 1 N–H and O–H groups in total. The van der Waals surface area contributed by atoms with Crippen LogP contribution in [0.15, 0.2) is 91.0 Å². The first-order chi connectivity index (χ1) is 14.7. The van der Waals surface area contributed by atoms with Gasteiger partial charge in [-0.1, -0.05) is 91.0 Å². The van der Waals surface area contributed by atoms with Crippen LogP contribution in [0.25, 0.3) is 11.1 Å². The zero-order valence-electron chi connectivity index (χ0n) is 16.2. The number of hydrogen-bond acceptors (Lipinski definition) is 3. The normalized spacial score (nSPS) is 20.8. The first-order valence-corrected chi connectivity index (χ1v) is 9.90. The average molecular weight is 396 g/mol. The first kappa shape index (κ1) is 18.3. The molecule has 0 aliphatic carbocycles. The molecule has 0 unspecified atom stereocenters. The van der Waals surface area contributed by atoms with E-state index < -0.39 is 18.1 Å². The number of hydroxylamine groups is 2. The van der Waals surface area contributed by atoms with E-state index >= 15 is 0 Å². The standard InChI is InChI=1S/C25H20N2O3/c28-24-20(16-17-10-4-1-5-11-17)26-23(27(24)30)21(18-12-6-2-7-13-18)22(25(26)29)19-14-8-3-9-15-19/h1-15,20,23,30H,16H2/t20-,23+/m0/s1. The number of amides is 2. The van der Waals surface area contributed by atoms with Crippen LogP contribution in [0.2, 0.25) is 0 Å². The Balaban J connectivity index is 1.65. The molecule has 1 saturated heterocycles. The van der Waals surface area contributed by atoms with Gasteiger partial charge in [-0.05, 0) is 16.7 Å². The summed E-state index contributed by atoms with van der Waals surface area (Å²) in [5.74, 6) is -0.700. The van der Waals surface area contributed by atoms with Crippen molar-refractivity contribution in [3.05, 3.63) is 108 Å². The number of carbonyl (C=O) groups is 2. The molecule has 2 atom stereocenters. The van der Waals surface area contributed by atoms with Gasteiger partial charge in [-0.25, -0.2) is 0 Å². The molecule has 2 aliphatic rings. The number of rotatable bonds is 4. The highest BCUT2D eigenvalue weighted by Gasteiger charge is 2.55. The second-order valence-electron chi connectivity index (χ2n) is 7.50. The maximum absolute atomic E-state index is 13.6. The van der Waals surface area contributed by atoms with E-state index in [1.165, 1.54) is 4.90 Å². The van der Waals surface area contributed by atoms with Crippen LogP contribution < -0.4 is 0 Å². The van der Waals surface area contributed by atoms with E-state index in [0.29, 0.717) is 17.6 Å². The molecule has 0 bridgehead atoms. The molecule has 30 heavy (non-hydrogen) atoms. The second kappa shape index (κ2) is 7.28. The molecule has 3 aromatic carbocycles. The van der Waals surface area contributed by atoms with Crippen molar-refractivity contribution < 1.29 is 14.8 Å². The summed E-state index contributed by atoms with van der Waals surface area (Å²) < 4.78 is 0. The van der Waals surface area contributed by atoms with Crippen LogP contribution in [0.1, 0.15) is 16.7 Å². The van der Waals surface area contributed by atoms with E-state index in [4.69, 9.17) is 0 Å². The zero-order valence-corrected chi connectivity index (χ0v) is 16.2. The van der Waals surface area contributed by atoms with Gasteiger partial charge in [0.15, 0.2) is 6.17 Å². The van der Waals surface area contributed by atoms with Crippen LogP contribution >= 0.6 is 0 Å². The van der Waals surface area contributed by atoms with E-state index in [1.807, 2.05) is 91.0 Å². The van der Waals surface area contributed by atoms with Crippen LogP contribution in [-0.2, 0) is 16.0 Å². The highest BCUT2D eigenvalue weighted by Crippen LogP contribution is 2.44. The van der Waals surface area contributed by atoms with E-state index in [-0.39, 0.29) is 5.91 Å². The lowest BCUT2D eigenvalue weighted by molar-refractivity contribution is -0.163. The zero-order chi connectivity index (χ0) is 20.7. The SMILES string of the molecule is O=C1[C@H](Cc2ccccc2)N2C(=O)C(c3ccccc3)=C(c3ccccc3)[C@H]2N1O. The van der Waals surface area contributed by atoms with E-state index in [2.05, 4.69) is 0 Å². The summed E-state index contributed by atoms with van der Waals surface area (Å²) >= 11 is 0. The molecule has 0 saturated carbocycles. The van der Waals surface area contributed by atoms with Gasteiger partial charge in [0.25, 0.3) is 11.8 Å². The highest BCUT2D eigenvalue weighted by atomic mass is 16.5. The molecule has 0 spiro atoms. The van der Waals surface area contributed by atoms with Crippen LogP contribution in [0.3, 0.4) is 0 Å². The summed E-state index contributed by atoms with van der Waals surface area (Å²) in [5.41, 5.74) is 3.70. The van der Waals surface area contributed by atoms with Crippen molar-refractivity contribution in [1.29, 1.82) is 0 Å². The van der Waals surface area contributed by atoms with Crippen LogP contribution in [0, 0.1) is 0 Å². The first-order valence-electron chi connectivity index (χ1n) is 9.90. The van der Waals surface area contributed by atoms with Crippen molar-refractivity contribution in [2.45, 2.75) is 18.6 Å². The van der Waals surface area contributed by atoms with Gasteiger partial charge in [0.05, 0.1) is 5.57 Å².